The summed E-state index contributed by atoms with van der Waals surface area (Å²) in [5.74, 6) is 0. The van der Waals surface area contributed by atoms with Crippen LogP contribution in [0.5, 0.6) is 0 Å². The molecule has 0 N–H and O–H groups in total. The van der Waals surface area contributed by atoms with Crippen LogP contribution in [0.25, 0.3) is 22.4 Å². The molecule has 2 aromatic carbocycles. The molecule has 0 amide bonds. The molecule has 122 valence electrons. The second kappa shape index (κ2) is 6.88. The minimum atomic E-state index is -0.135. The molecule has 1 aliphatic rings. The summed E-state index contributed by atoms with van der Waals surface area (Å²) in [6.07, 6.45) is 7.87. The first-order valence-electron chi connectivity index (χ1n) is 9.16. The summed E-state index contributed by atoms with van der Waals surface area (Å²) in [5, 5.41) is -0.135. The van der Waals surface area contributed by atoms with Crippen LogP contribution >= 0.6 is 0 Å². The van der Waals surface area contributed by atoms with Gasteiger partial charge < -0.3 is 0 Å². The fourth-order valence-corrected chi connectivity index (χ4v) is 3.84. The van der Waals surface area contributed by atoms with E-state index in [4.69, 9.17) is 7.85 Å². The highest BCUT2D eigenvalue weighted by Crippen LogP contribution is 2.37. The molecule has 0 unspecified atom stereocenters. The van der Waals surface area contributed by atoms with Gasteiger partial charge in [-0.05, 0) is 28.6 Å². The number of hydrogen-bond donors (Lipinski definition) is 0. The molecule has 1 heterocycles. The van der Waals surface area contributed by atoms with Gasteiger partial charge in [0.1, 0.15) is 0 Å². The molecule has 2 heteroatoms. The van der Waals surface area contributed by atoms with E-state index < -0.39 is 0 Å². The molecule has 0 atom stereocenters. The Morgan fingerprint density at radius 1 is 0.720 bits per heavy atom. The van der Waals surface area contributed by atoms with Crippen LogP contribution in [-0.4, -0.2) is 12.8 Å². The molecule has 1 aromatic heterocycles. The summed E-state index contributed by atoms with van der Waals surface area (Å²) < 4.78 is 0. The maximum Gasteiger partial charge on any atom is 0.0810 e. The van der Waals surface area contributed by atoms with Gasteiger partial charge in [0.25, 0.3) is 0 Å². The van der Waals surface area contributed by atoms with Gasteiger partial charge in [-0.2, -0.15) is 0 Å². The Bertz CT molecular complexity index is 833. The van der Waals surface area contributed by atoms with Crippen LogP contribution in [0.1, 0.15) is 37.7 Å². The molecule has 1 aliphatic carbocycles. The van der Waals surface area contributed by atoms with Gasteiger partial charge in [0, 0.05) is 11.8 Å². The van der Waals surface area contributed by atoms with E-state index in [0.29, 0.717) is 0 Å². The van der Waals surface area contributed by atoms with Gasteiger partial charge in [0.05, 0.1) is 13.5 Å². The van der Waals surface area contributed by atoms with E-state index in [1.54, 1.807) is 0 Å². The van der Waals surface area contributed by atoms with Crippen LogP contribution in [0.4, 0.5) is 0 Å². The normalized spacial score (nSPS) is 16.5. The van der Waals surface area contributed by atoms with Crippen molar-refractivity contribution in [1.82, 2.24) is 4.98 Å². The predicted molar refractivity (Wildman–Crippen MR) is 106 cm³/mol. The standard InChI is InChI=1S/C23H22BN/c24-23(14-5-2-6-15-23)21-11-9-18(10-12-21)20-13-16-25-22(17-20)19-7-3-1-4-8-19/h1,3-4,7-13,16-17H,2,5-6,14-15H2. The number of rotatable bonds is 3. The number of benzene rings is 2. The average Bonchev–Trinajstić information content (AvgIpc) is 2.69. The van der Waals surface area contributed by atoms with Crippen molar-refractivity contribution in [2.24, 2.45) is 0 Å². The quantitative estimate of drug-likeness (QED) is 0.560. The van der Waals surface area contributed by atoms with Gasteiger partial charge in [-0.15, -0.1) is 0 Å². The van der Waals surface area contributed by atoms with E-state index in [1.165, 1.54) is 36.0 Å². The molecule has 1 fully saturated rings. The van der Waals surface area contributed by atoms with Crippen molar-refractivity contribution in [3.8, 4) is 22.4 Å². The third-order valence-electron chi connectivity index (χ3n) is 5.37. The minimum absolute atomic E-state index is 0.135. The van der Waals surface area contributed by atoms with E-state index >= 15 is 0 Å². The molecule has 4 rings (SSSR count). The monoisotopic (exact) mass is 323 g/mol. The highest BCUT2D eigenvalue weighted by Gasteiger charge is 2.27. The minimum Gasteiger partial charge on any atom is -0.256 e. The third kappa shape index (κ3) is 3.39. The lowest BCUT2D eigenvalue weighted by Gasteiger charge is -2.34. The van der Waals surface area contributed by atoms with Crippen LogP contribution in [0.15, 0.2) is 72.9 Å². The summed E-state index contributed by atoms with van der Waals surface area (Å²) in [6.45, 7) is 0. The summed E-state index contributed by atoms with van der Waals surface area (Å²) in [5.41, 5.74) is 5.82. The molecular formula is C23H22BN. The highest BCUT2D eigenvalue weighted by molar-refractivity contribution is 6.16. The largest absolute Gasteiger partial charge is 0.256 e. The lowest BCUT2D eigenvalue weighted by molar-refractivity contribution is 0.398. The summed E-state index contributed by atoms with van der Waals surface area (Å²) in [4.78, 5) is 4.52. The molecule has 0 spiro atoms. The summed E-state index contributed by atoms with van der Waals surface area (Å²) in [7, 11) is 6.66. The van der Waals surface area contributed by atoms with Gasteiger partial charge in [0.15, 0.2) is 0 Å². The van der Waals surface area contributed by atoms with Crippen molar-refractivity contribution in [2.45, 2.75) is 37.4 Å². The molecular weight excluding hydrogens is 301 g/mol. The third-order valence-corrected chi connectivity index (χ3v) is 5.37. The number of hydrogen-bond acceptors (Lipinski definition) is 1. The first-order chi connectivity index (χ1) is 12.2. The molecule has 2 radical (unpaired) electrons. The number of nitrogens with zero attached hydrogens (tertiary/aromatic N) is 1. The van der Waals surface area contributed by atoms with Crippen molar-refractivity contribution < 1.29 is 0 Å². The SMILES string of the molecule is [B]C1(c2ccc(-c3ccnc(-c4ccccc4)c3)cc2)CCCCC1. The molecule has 3 aromatic rings. The Morgan fingerprint density at radius 2 is 1.44 bits per heavy atom. The molecule has 1 nitrogen and oxygen atoms in total. The smallest absolute Gasteiger partial charge is 0.0810 e. The Morgan fingerprint density at radius 3 is 2.16 bits per heavy atom. The molecule has 0 aliphatic heterocycles. The van der Waals surface area contributed by atoms with Gasteiger partial charge >= 0.3 is 0 Å². The van der Waals surface area contributed by atoms with Crippen LogP contribution in [-0.2, 0) is 5.31 Å². The fourth-order valence-electron chi connectivity index (χ4n) is 3.84. The Kier molecular flexibility index (Phi) is 4.44. The van der Waals surface area contributed by atoms with E-state index in [2.05, 4.69) is 53.5 Å². The van der Waals surface area contributed by atoms with Gasteiger partial charge in [-0.3, -0.25) is 4.98 Å². The van der Waals surface area contributed by atoms with Crippen LogP contribution in [0, 0.1) is 0 Å². The second-order valence-electron chi connectivity index (χ2n) is 7.09. The van der Waals surface area contributed by atoms with E-state index in [1.807, 2.05) is 24.4 Å². The zero-order valence-electron chi connectivity index (χ0n) is 14.5. The maximum atomic E-state index is 6.66. The first kappa shape index (κ1) is 16.1. The van der Waals surface area contributed by atoms with E-state index in [9.17, 15) is 0 Å². The maximum absolute atomic E-state index is 6.66. The van der Waals surface area contributed by atoms with E-state index in [-0.39, 0.29) is 5.31 Å². The predicted octanol–water partition coefficient (Wildman–Crippen LogP) is 5.74. The Hall–Kier alpha value is -2.35. The summed E-state index contributed by atoms with van der Waals surface area (Å²) >= 11 is 0. The van der Waals surface area contributed by atoms with Crippen molar-refractivity contribution >= 4 is 7.85 Å². The van der Waals surface area contributed by atoms with Crippen LogP contribution < -0.4 is 0 Å². The zero-order chi connectivity index (χ0) is 17.1. The fraction of sp³-hybridized carbons (Fsp3) is 0.261. The molecule has 1 saturated carbocycles. The Labute approximate surface area is 151 Å². The van der Waals surface area contributed by atoms with Gasteiger partial charge in [-0.25, -0.2) is 0 Å². The van der Waals surface area contributed by atoms with E-state index in [0.717, 1.165) is 24.1 Å². The highest BCUT2D eigenvalue weighted by atomic mass is 14.7. The summed E-state index contributed by atoms with van der Waals surface area (Å²) in [6, 6.07) is 23.3. The molecule has 25 heavy (non-hydrogen) atoms. The van der Waals surface area contributed by atoms with Crippen molar-refractivity contribution in [2.75, 3.05) is 0 Å². The topological polar surface area (TPSA) is 12.9 Å². The lowest BCUT2D eigenvalue weighted by Crippen LogP contribution is -2.29. The Balaban J connectivity index is 1.62. The lowest BCUT2D eigenvalue weighted by atomic mass is 9.57. The zero-order valence-corrected chi connectivity index (χ0v) is 14.5. The first-order valence-corrected chi connectivity index (χ1v) is 9.16. The second-order valence-corrected chi connectivity index (χ2v) is 7.09. The van der Waals surface area contributed by atoms with Crippen molar-refractivity contribution in [3.63, 3.8) is 0 Å². The molecule has 0 bridgehead atoms. The number of aromatic nitrogens is 1. The average molecular weight is 323 g/mol. The van der Waals surface area contributed by atoms with Gasteiger partial charge in [0.2, 0.25) is 0 Å². The molecule has 0 saturated heterocycles. The van der Waals surface area contributed by atoms with Crippen molar-refractivity contribution in [1.29, 1.82) is 0 Å². The number of pyridine rings is 1. The van der Waals surface area contributed by atoms with Crippen LogP contribution in [0.2, 0.25) is 0 Å². The van der Waals surface area contributed by atoms with Crippen LogP contribution in [0.3, 0.4) is 0 Å². The van der Waals surface area contributed by atoms with Gasteiger partial charge in [-0.1, -0.05) is 92.3 Å². The van der Waals surface area contributed by atoms with Crippen molar-refractivity contribution in [3.05, 3.63) is 78.5 Å².